The van der Waals surface area contributed by atoms with Crippen LogP contribution in [-0.2, 0) is 6.42 Å². The minimum atomic E-state index is 0.363. The summed E-state index contributed by atoms with van der Waals surface area (Å²) in [6, 6.07) is 12.9. The molecular formula is C19H22N4. The van der Waals surface area contributed by atoms with Crippen molar-refractivity contribution in [1.82, 2.24) is 9.38 Å². The number of pyridine rings is 1. The van der Waals surface area contributed by atoms with Gasteiger partial charge in [0.25, 0.3) is 0 Å². The summed E-state index contributed by atoms with van der Waals surface area (Å²) in [5.74, 6) is 1.02. The monoisotopic (exact) mass is 306 g/mol. The van der Waals surface area contributed by atoms with Crippen molar-refractivity contribution in [3.63, 3.8) is 0 Å². The topological polar surface area (TPSA) is 53.1 Å². The van der Waals surface area contributed by atoms with E-state index in [9.17, 15) is 5.26 Å². The van der Waals surface area contributed by atoms with Crippen LogP contribution < -0.4 is 5.32 Å². The molecule has 0 fully saturated rings. The number of fused-ring (bicyclic) bond motifs is 3. The molecule has 3 aromatic rings. The molecule has 2 aromatic heterocycles. The molecule has 0 aliphatic heterocycles. The average molecular weight is 306 g/mol. The Morgan fingerprint density at radius 3 is 2.78 bits per heavy atom. The molecule has 0 saturated carbocycles. The molecule has 1 atom stereocenters. The first kappa shape index (κ1) is 15.4. The van der Waals surface area contributed by atoms with Gasteiger partial charge in [0.05, 0.1) is 16.6 Å². The van der Waals surface area contributed by atoms with Crippen molar-refractivity contribution in [3.05, 3.63) is 41.5 Å². The van der Waals surface area contributed by atoms with Crippen LogP contribution in [-0.4, -0.2) is 15.4 Å². The van der Waals surface area contributed by atoms with Crippen LogP contribution in [0.5, 0.6) is 0 Å². The molecule has 0 bridgehead atoms. The molecule has 23 heavy (non-hydrogen) atoms. The third kappa shape index (κ3) is 2.63. The molecule has 0 aliphatic rings. The fraction of sp³-hybridized carbons (Fsp3) is 0.368. The molecule has 1 aromatic carbocycles. The molecule has 0 saturated heterocycles. The summed E-state index contributed by atoms with van der Waals surface area (Å²) in [6.45, 7) is 6.47. The van der Waals surface area contributed by atoms with E-state index in [1.165, 1.54) is 0 Å². The van der Waals surface area contributed by atoms with E-state index in [2.05, 4.69) is 48.7 Å². The Morgan fingerprint density at radius 2 is 2.09 bits per heavy atom. The SMILES string of the molecule is CCCc1cc(N[C@@H](C)CC)n2c(nc3ccccc32)c1C#N. The van der Waals surface area contributed by atoms with E-state index in [1.807, 2.05) is 18.2 Å². The van der Waals surface area contributed by atoms with Crippen LogP contribution >= 0.6 is 0 Å². The van der Waals surface area contributed by atoms with Crippen LogP contribution in [0, 0.1) is 11.3 Å². The van der Waals surface area contributed by atoms with Gasteiger partial charge in [-0.15, -0.1) is 0 Å². The number of nitrogens with zero attached hydrogens (tertiary/aromatic N) is 3. The summed E-state index contributed by atoms with van der Waals surface area (Å²) in [5, 5.41) is 13.2. The van der Waals surface area contributed by atoms with Crippen LogP contribution in [0.15, 0.2) is 30.3 Å². The number of rotatable bonds is 5. The number of benzene rings is 1. The molecule has 0 radical (unpaired) electrons. The Morgan fingerprint density at radius 1 is 1.30 bits per heavy atom. The van der Waals surface area contributed by atoms with E-state index in [1.54, 1.807) is 0 Å². The smallest absolute Gasteiger partial charge is 0.157 e. The lowest BCUT2D eigenvalue weighted by atomic mass is 10.1. The predicted molar refractivity (Wildman–Crippen MR) is 94.8 cm³/mol. The zero-order valence-electron chi connectivity index (χ0n) is 13.9. The van der Waals surface area contributed by atoms with Crippen molar-refractivity contribution < 1.29 is 0 Å². The van der Waals surface area contributed by atoms with Crippen LogP contribution in [0.25, 0.3) is 16.7 Å². The minimum absolute atomic E-state index is 0.363. The number of nitrogens with one attached hydrogen (secondary N) is 1. The van der Waals surface area contributed by atoms with Gasteiger partial charge >= 0.3 is 0 Å². The first-order chi connectivity index (χ1) is 11.2. The molecule has 1 N–H and O–H groups in total. The zero-order valence-corrected chi connectivity index (χ0v) is 13.9. The summed E-state index contributed by atoms with van der Waals surface area (Å²) >= 11 is 0. The molecule has 0 amide bonds. The van der Waals surface area contributed by atoms with Gasteiger partial charge in [0.1, 0.15) is 11.9 Å². The summed E-state index contributed by atoms with van der Waals surface area (Å²) in [7, 11) is 0. The highest BCUT2D eigenvalue weighted by Gasteiger charge is 2.17. The largest absolute Gasteiger partial charge is 0.369 e. The van der Waals surface area contributed by atoms with Crippen LogP contribution in [0.2, 0.25) is 0 Å². The number of hydrogen-bond donors (Lipinski definition) is 1. The Bertz CT molecular complexity index is 886. The lowest BCUT2D eigenvalue weighted by molar-refractivity contribution is 0.756. The highest BCUT2D eigenvalue weighted by atomic mass is 15.1. The summed E-state index contributed by atoms with van der Waals surface area (Å²) < 4.78 is 2.08. The van der Waals surface area contributed by atoms with Gasteiger partial charge in [-0.05, 0) is 43.5 Å². The fourth-order valence-corrected chi connectivity index (χ4v) is 2.93. The van der Waals surface area contributed by atoms with Gasteiger partial charge in [0.2, 0.25) is 0 Å². The predicted octanol–water partition coefficient (Wildman–Crippen LogP) is 4.52. The van der Waals surface area contributed by atoms with E-state index in [0.717, 1.165) is 47.3 Å². The highest BCUT2D eigenvalue weighted by Crippen LogP contribution is 2.28. The van der Waals surface area contributed by atoms with E-state index in [0.29, 0.717) is 11.6 Å². The number of hydrogen-bond acceptors (Lipinski definition) is 3. The highest BCUT2D eigenvalue weighted by molar-refractivity contribution is 5.85. The van der Waals surface area contributed by atoms with Crippen molar-refractivity contribution in [1.29, 1.82) is 5.26 Å². The van der Waals surface area contributed by atoms with Gasteiger partial charge in [-0.1, -0.05) is 32.4 Å². The Hall–Kier alpha value is -2.54. The number of imidazole rings is 1. The average Bonchev–Trinajstić information content (AvgIpc) is 2.94. The third-order valence-electron chi connectivity index (χ3n) is 4.30. The van der Waals surface area contributed by atoms with Gasteiger partial charge in [0.15, 0.2) is 5.65 Å². The number of nitriles is 1. The first-order valence-electron chi connectivity index (χ1n) is 8.29. The maximum atomic E-state index is 9.66. The molecule has 0 aliphatic carbocycles. The zero-order chi connectivity index (χ0) is 16.4. The fourth-order valence-electron chi connectivity index (χ4n) is 2.93. The standard InChI is InChI=1S/C19H22N4/c1-4-8-14-11-18(21-13(3)5-2)23-17-10-7-6-9-16(17)22-19(23)15(14)12-20/h6-7,9-11,13,21H,4-5,8H2,1-3H3/t13-/m0/s1. The molecule has 0 spiro atoms. The van der Waals surface area contributed by atoms with Gasteiger partial charge in [-0.3, -0.25) is 4.40 Å². The number of para-hydroxylation sites is 2. The van der Waals surface area contributed by atoms with E-state index in [4.69, 9.17) is 4.98 Å². The van der Waals surface area contributed by atoms with E-state index >= 15 is 0 Å². The van der Waals surface area contributed by atoms with Crippen molar-refractivity contribution in [2.24, 2.45) is 0 Å². The van der Waals surface area contributed by atoms with E-state index < -0.39 is 0 Å². The molecule has 4 nitrogen and oxygen atoms in total. The first-order valence-corrected chi connectivity index (χ1v) is 8.29. The third-order valence-corrected chi connectivity index (χ3v) is 4.30. The van der Waals surface area contributed by atoms with Gasteiger partial charge in [-0.25, -0.2) is 4.98 Å². The maximum Gasteiger partial charge on any atom is 0.157 e. The molecule has 3 rings (SSSR count). The molecule has 0 unspecified atom stereocenters. The second kappa shape index (κ2) is 6.29. The molecule has 4 heteroatoms. The van der Waals surface area contributed by atoms with Crippen LogP contribution in [0.3, 0.4) is 0 Å². The van der Waals surface area contributed by atoms with Crippen molar-refractivity contribution in [2.75, 3.05) is 5.32 Å². The number of aromatic nitrogens is 2. The minimum Gasteiger partial charge on any atom is -0.369 e. The molecular weight excluding hydrogens is 284 g/mol. The Labute approximate surface area is 136 Å². The van der Waals surface area contributed by atoms with Crippen molar-refractivity contribution in [3.8, 4) is 6.07 Å². The summed E-state index contributed by atoms with van der Waals surface area (Å²) in [4.78, 5) is 4.72. The number of aryl methyl sites for hydroxylation is 1. The van der Waals surface area contributed by atoms with E-state index in [-0.39, 0.29) is 0 Å². The van der Waals surface area contributed by atoms with Gasteiger partial charge < -0.3 is 5.32 Å². The molecule has 2 heterocycles. The molecule has 118 valence electrons. The van der Waals surface area contributed by atoms with Gasteiger partial charge in [0, 0.05) is 6.04 Å². The quantitative estimate of drug-likeness (QED) is 0.754. The maximum absolute atomic E-state index is 9.66. The van der Waals surface area contributed by atoms with Crippen LogP contribution in [0.4, 0.5) is 5.82 Å². The number of anilines is 1. The van der Waals surface area contributed by atoms with Crippen LogP contribution in [0.1, 0.15) is 44.7 Å². The van der Waals surface area contributed by atoms with Gasteiger partial charge in [-0.2, -0.15) is 5.26 Å². The Balaban J connectivity index is 2.36. The Kier molecular flexibility index (Phi) is 4.20. The lowest BCUT2D eigenvalue weighted by Gasteiger charge is -2.17. The van der Waals surface area contributed by atoms with Crippen molar-refractivity contribution in [2.45, 2.75) is 46.1 Å². The summed E-state index contributed by atoms with van der Waals surface area (Å²) in [6.07, 6.45) is 2.93. The second-order valence-electron chi connectivity index (χ2n) is 6.00. The normalized spacial score (nSPS) is 12.4. The second-order valence-corrected chi connectivity index (χ2v) is 6.00. The lowest BCUT2D eigenvalue weighted by Crippen LogP contribution is -2.16. The summed E-state index contributed by atoms with van der Waals surface area (Å²) in [5.41, 5.74) is 4.48. The van der Waals surface area contributed by atoms with Crippen molar-refractivity contribution >= 4 is 22.5 Å².